The number of ether oxygens (including phenoxy) is 1. The maximum atomic E-state index is 5.81. The molecule has 0 bridgehead atoms. The molecule has 20 heavy (non-hydrogen) atoms. The standard InChI is InChI=1S/C17H28N2O/c1-14(2)13-20-17-8-4-6-15(10-17)11-19-9-5-7-16(12-19)18-3/h4,6,8,10,14,16,18H,5,7,9,11-13H2,1-3H3. The highest BCUT2D eigenvalue weighted by atomic mass is 16.5. The summed E-state index contributed by atoms with van der Waals surface area (Å²) in [5.74, 6) is 1.57. The van der Waals surface area contributed by atoms with Crippen molar-refractivity contribution in [2.75, 3.05) is 26.7 Å². The molecule has 1 aliphatic rings. The minimum Gasteiger partial charge on any atom is -0.493 e. The predicted octanol–water partition coefficient (Wildman–Crippen LogP) is 2.91. The van der Waals surface area contributed by atoms with Crippen LogP contribution < -0.4 is 10.1 Å². The van der Waals surface area contributed by atoms with Gasteiger partial charge in [0.2, 0.25) is 0 Å². The van der Waals surface area contributed by atoms with E-state index < -0.39 is 0 Å². The van der Waals surface area contributed by atoms with Gasteiger partial charge in [0, 0.05) is 19.1 Å². The van der Waals surface area contributed by atoms with E-state index in [1.165, 1.54) is 24.9 Å². The molecule has 1 saturated heterocycles. The van der Waals surface area contributed by atoms with Gasteiger partial charge >= 0.3 is 0 Å². The van der Waals surface area contributed by atoms with E-state index in [4.69, 9.17) is 4.74 Å². The first kappa shape index (κ1) is 15.3. The molecule has 1 aliphatic heterocycles. The molecule has 112 valence electrons. The lowest BCUT2D eigenvalue weighted by Crippen LogP contribution is -2.43. The Bertz CT molecular complexity index is 406. The summed E-state index contributed by atoms with van der Waals surface area (Å²) < 4.78 is 5.81. The van der Waals surface area contributed by atoms with Gasteiger partial charge in [0.25, 0.3) is 0 Å². The monoisotopic (exact) mass is 276 g/mol. The fraction of sp³-hybridized carbons (Fsp3) is 0.647. The molecule has 2 rings (SSSR count). The van der Waals surface area contributed by atoms with Gasteiger partial charge in [-0.3, -0.25) is 4.90 Å². The Morgan fingerprint density at radius 2 is 2.25 bits per heavy atom. The van der Waals surface area contributed by atoms with E-state index in [1.54, 1.807) is 0 Å². The van der Waals surface area contributed by atoms with Crippen molar-refractivity contribution in [1.29, 1.82) is 0 Å². The summed E-state index contributed by atoms with van der Waals surface area (Å²) in [5, 5.41) is 3.40. The van der Waals surface area contributed by atoms with Crippen molar-refractivity contribution >= 4 is 0 Å². The molecule has 1 fully saturated rings. The van der Waals surface area contributed by atoms with E-state index in [0.29, 0.717) is 12.0 Å². The third kappa shape index (κ3) is 4.80. The lowest BCUT2D eigenvalue weighted by atomic mass is 10.0. The maximum Gasteiger partial charge on any atom is 0.119 e. The van der Waals surface area contributed by atoms with Gasteiger partial charge in [0.15, 0.2) is 0 Å². The molecule has 0 spiro atoms. The zero-order valence-electron chi connectivity index (χ0n) is 13.1. The van der Waals surface area contributed by atoms with Crippen molar-refractivity contribution in [3.8, 4) is 5.75 Å². The molecule has 0 aromatic heterocycles. The zero-order valence-corrected chi connectivity index (χ0v) is 13.1. The second kappa shape index (κ2) is 7.65. The van der Waals surface area contributed by atoms with E-state index in [-0.39, 0.29) is 0 Å². The van der Waals surface area contributed by atoms with Crippen molar-refractivity contribution < 1.29 is 4.74 Å². The van der Waals surface area contributed by atoms with Crippen LogP contribution in [-0.4, -0.2) is 37.7 Å². The van der Waals surface area contributed by atoms with Crippen LogP contribution in [0.3, 0.4) is 0 Å². The number of nitrogens with one attached hydrogen (secondary N) is 1. The molecule has 0 amide bonds. The van der Waals surface area contributed by atoms with Crippen LogP contribution in [0, 0.1) is 5.92 Å². The van der Waals surface area contributed by atoms with Gasteiger partial charge in [-0.1, -0.05) is 26.0 Å². The van der Waals surface area contributed by atoms with Gasteiger partial charge in [0.05, 0.1) is 6.61 Å². The van der Waals surface area contributed by atoms with Crippen LogP contribution in [0.5, 0.6) is 5.75 Å². The molecule has 0 aliphatic carbocycles. The number of nitrogens with zero attached hydrogens (tertiary/aromatic N) is 1. The number of benzene rings is 1. The summed E-state index contributed by atoms with van der Waals surface area (Å²) in [6.07, 6.45) is 2.58. The summed E-state index contributed by atoms with van der Waals surface area (Å²) in [5.41, 5.74) is 1.35. The molecule has 0 saturated carbocycles. The lowest BCUT2D eigenvalue weighted by Gasteiger charge is -2.32. The molecular formula is C17H28N2O. The Labute approximate surface area is 123 Å². The second-order valence-electron chi connectivity index (χ2n) is 6.22. The van der Waals surface area contributed by atoms with Crippen molar-refractivity contribution in [3.05, 3.63) is 29.8 Å². The van der Waals surface area contributed by atoms with E-state index in [1.807, 2.05) is 0 Å². The highest BCUT2D eigenvalue weighted by Gasteiger charge is 2.18. The van der Waals surface area contributed by atoms with Crippen molar-refractivity contribution in [1.82, 2.24) is 10.2 Å². The first-order valence-electron chi connectivity index (χ1n) is 7.78. The largest absolute Gasteiger partial charge is 0.493 e. The van der Waals surface area contributed by atoms with Gasteiger partial charge in [-0.05, 0) is 50.0 Å². The second-order valence-corrected chi connectivity index (χ2v) is 6.22. The topological polar surface area (TPSA) is 24.5 Å². The number of hydrogen-bond acceptors (Lipinski definition) is 3. The van der Waals surface area contributed by atoms with Gasteiger partial charge in [-0.2, -0.15) is 0 Å². The summed E-state index contributed by atoms with van der Waals surface area (Å²) in [6.45, 7) is 8.51. The fourth-order valence-electron chi connectivity index (χ4n) is 2.69. The number of piperidine rings is 1. The van der Waals surface area contributed by atoms with Crippen LogP contribution in [0.4, 0.5) is 0 Å². The smallest absolute Gasteiger partial charge is 0.119 e. The molecule has 1 aromatic carbocycles. The lowest BCUT2D eigenvalue weighted by molar-refractivity contribution is 0.187. The Kier molecular flexibility index (Phi) is 5.86. The Morgan fingerprint density at radius 1 is 1.40 bits per heavy atom. The van der Waals surface area contributed by atoms with Gasteiger partial charge in [-0.25, -0.2) is 0 Å². The first-order valence-corrected chi connectivity index (χ1v) is 7.78. The van der Waals surface area contributed by atoms with Crippen LogP contribution in [-0.2, 0) is 6.54 Å². The molecule has 1 atom stereocenters. The van der Waals surface area contributed by atoms with Crippen LogP contribution in [0.15, 0.2) is 24.3 Å². The van der Waals surface area contributed by atoms with Crippen LogP contribution in [0.1, 0.15) is 32.3 Å². The summed E-state index contributed by atoms with van der Waals surface area (Å²) >= 11 is 0. The maximum absolute atomic E-state index is 5.81. The normalized spacial score (nSPS) is 20.3. The van der Waals surface area contributed by atoms with Crippen LogP contribution >= 0.6 is 0 Å². The van der Waals surface area contributed by atoms with Gasteiger partial charge < -0.3 is 10.1 Å². The molecule has 1 unspecified atom stereocenters. The molecule has 1 N–H and O–H groups in total. The first-order chi connectivity index (χ1) is 9.67. The average molecular weight is 276 g/mol. The Hall–Kier alpha value is -1.06. The molecular weight excluding hydrogens is 248 g/mol. The molecule has 3 heteroatoms. The summed E-state index contributed by atoms with van der Waals surface area (Å²) in [6, 6.07) is 9.18. The minimum absolute atomic E-state index is 0.567. The van der Waals surface area contributed by atoms with E-state index in [9.17, 15) is 0 Å². The highest BCUT2D eigenvalue weighted by Crippen LogP contribution is 2.18. The zero-order chi connectivity index (χ0) is 14.4. The third-order valence-electron chi connectivity index (χ3n) is 3.80. The van der Waals surface area contributed by atoms with Gasteiger partial charge in [0.1, 0.15) is 5.75 Å². The van der Waals surface area contributed by atoms with Crippen molar-refractivity contribution in [2.24, 2.45) is 5.92 Å². The number of rotatable bonds is 6. The third-order valence-corrected chi connectivity index (χ3v) is 3.80. The summed E-state index contributed by atoms with van der Waals surface area (Å²) in [7, 11) is 2.06. The van der Waals surface area contributed by atoms with Gasteiger partial charge in [-0.15, -0.1) is 0 Å². The minimum atomic E-state index is 0.567. The molecule has 1 aromatic rings. The molecule has 1 heterocycles. The number of hydrogen-bond donors (Lipinski definition) is 1. The molecule has 0 radical (unpaired) electrons. The number of likely N-dealkylation sites (N-methyl/N-ethyl adjacent to an activating group) is 1. The van der Waals surface area contributed by atoms with Crippen LogP contribution in [0.2, 0.25) is 0 Å². The fourth-order valence-corrected chi connectivity index (χ4v) is 2.69. The predicted molar refractivity (Wildman–Crippen MR) is 84.1 cm³/mol. The SMILES string of the molecule is CNC1CCCN(Cc2cccc(OCC(C)C)c2)C1. The van der Waals surface area contributed by atoms with E-state index in [0.717, 1.165) is 25.4 Å². The summed E-state index contributed by atoms with van der Waals surface area (Å²) in [4.78, 5) is 2.53. The average Bonchev–Trinajstić information content (AvgIpc) is 2.46. The van der Waals surface area contributed by atoms with Crippen molar-refractivity contribution in [3.63, 3.8) is 0 Å². The molecule has 3 nitrogen and oxygen atoms in total. The number of likely N-dealkylation sites (tertiary alicyclic amines) is 1. The Balaban J connectivity index is 1.90. The van der Waals surface area contributed by atoms with Crippen molar-refractivity contribution in [2.45, 2.75) is 39.3 Å². The quantitative estimate of drug-likeness (QED) is 0.864. The van der Waals surface area contributed by atoms with E-state index >= 15 is 0 Å². The highest BCUT2D eigenvalue weighted by molar-refractivity contribution is 5.28. The van der Waals surface area contributed by atoms with E-state index in [2.05, 4.69) is 55.4 Å². The van der Waals surface area contributed by atoms with Crippen LogP contribution in [0.25, 0.3) is 0 Å². The Morgan fingerprint density at radius 3 is 3.00 bits per heavy atom.